The van der Waals surface area contributed by atoms with E-state index < -0.39 is 47.1 Å². The van der Waals surface area contributed by atoms with Crippen molar-refractivity contribution in [1.82, 2.24) is 9.55 Å². The lowest BCUT2D eigenvalue weighted by atomic mass is 9.96. The van der Waals surface area contributed by atoms with Gasteiger partial charge in [0.25, 0.3) is 12.0 Å². The van der Waals surface area contributed by atoms with Gasteiger partial charge in [0.15, 0.2) is 5.75 Å². The number of alkyl halides is 5. The Balaban J connectivity index is 2.10. The van der Waals surface area contributed by atoms with Gasteiger partial charge in [-0.1, -0.05) is 11.6 Å². The summed E-state index contributed by atoms with van der Waals surface area (Å²) in [6.45, 7) is -0.434. The van der Waals surface area contributed by atoms with Crippen LogP contribution in [0.3, 0.4) is 0 Å². The van der Waals surface area contributed by atoms with Gasteiger partial charge in [0.2, 0.25) is 0 Å². The molecule has 4 rings (SSSR count). The van der Waals surface area contributed by atoms with Crippen LogP contribution >= 0.6 is 11.6 Å². The van der Waals surface area contributed by atoms with Crippen LogP contribution in [0.25, 0.3) is 22.2 Å². The van der Waals surface area contributed by atoms with E-state index in [4.69, 9.17) is 16.3 Å². The van der Waals surface area contributed by atoms with E-state index in [1.54, 1.807) is 0 Å². The molecule has 2 aromatic heterocycles. The summed E-state index contributed by atoms with van der Waals surface area (Å²) in [5.74, 6) is -0.846. The topological polar surface area (TPSA) is 67.6 Å². The van der Waals surface area contributed by atoms with Crippen molar-refractivity contribution in [1.29, 1.82) is 0 Å². The van der Waals surface area contributed by atoms with Crippen LogP contribution < -0.4 is 10.5 Å². The summed E-state index contributed by atoms with van der Waals surface area (Å²) in [4.78, 5) is 18.5. The maximum Gasteiger partial charge on any atom is 0.419 e. The number of aromatic nitrogens is 2. The molecule has 0 radical (unpaired) electrons. The smallest absolute Gasteiger partial charge is 0.419 e. The number of anilines is 1. The van der Waals surface area contributed by atoms with Gasteiger partial charge < -0.3 is 19.3 Å². The SMILES string of the molecule is O=c1c(-c2cc(Cl)cc(N3CCOCC3)c2C(F)(F)F)c(O)c2ncccc2n1CC(F)F. The molecule has 0 bridgehead atoms. The quantitative estimate of drug-likeness (QED) is 0.545. The molecular formula is C21H17ClF5N3O3. The molecule has 6 nitrogen and oxygen atoms in total. The van der Waals surface area contributed by atoms with Gasteiger partial charge >= 0.3 is 6.18 Å². The number of rotatable bonds is 4. The summed E-state index contributed by atoms with van der Waals surface area (Å²) in [5.41, 5.74) is -4.65. The molecule has 1 N–H and O–H groups in total. The monoisotopic (exact) mass is 489 g/mol. The number of nitrogens with zero attached hydrogens (tertiary/aromatic N) is 3. The van der Waals surface area contributed by atoms with E-state index in [2.05, 4.69) is 4.98 Å². The van der Waals surface area contributed by atoms with Crippen LogP contribution in [-0.2, 0) is 17.5 Å². The Bertz CT molecular complexity index is 1260. The van der Waals surface area contributed by atoms with Crippen molar-refractivity contribution in [2.75, 3.05) is 31.2 Å². The maximum absolute atomic E-state index is 14.3. The van der Waals surface area contributed by atoms with Gasteiger partial charge in [-0.25, -0.2) is 8.78 Å². The molecule has 12 heteroatoms. The zero-order valence-electron chi connectivity index (χ0n) is 16.9. The highest BCUT2D eigenvalue weighted by Crippen LogP contribution is 2.46. The van der Waals surface area contributed by atoms with Crippen molar-refractivity contribution in [3.8, 4) is 16.9 Å². The Hall–Kier alpha value is -2.92. The third-order valence-electron chi connectivity index (χ3n) is 5.30. The first kappa shape index (κ1) is 23.2. The predicted octanol–water partition coefficient (Wildman–Crippen LogP) is 4.54. The van der Waals surface area contributed by atoms with E-state index in [0.717, 1.165) is 12.1 Å². The van der Waals surface area contributed by atoms with Crippen molar-refractivity contribution in [2.24, 2.45) is 0 Å². The van der Waals surface area contributed by atoms with Crippen molar-refractivity contribution < 1.29 is 31.8 Å². The third kappa shape index (κ3) is 4.34. The van der Waals surface area contributed by atoms with Crippen LogP contribution in [0, 0.1) is 0 Å². The Morgan fingerprint density at radius 1 is 1.21 bits per heavy atom. The fraction of sp³-hybridized carbons (Fsp3) is 0.333. The normalized spacial score (nSPS) is 14.9. The highest BCUT2D eigenvalue weighted by molar-refractivity contribution is 6.31. The minimum atomic E-state index is -4.96. The highest BCUT2D eigenvalue weighted by atomic mass is 35.5. The molecule has 33 heavy (non-hydrogen) atoms. The summed E-state index contributed by atoms with van der Waals surface area (Å²) >= 11 is 6.14. The summed E-state index contributed by atoms with van der Waals surface area (Å²) in [6, 6.07) is 4.65. The van der Waals surface area contributed by atoms with Gasteiger partial charge in [-0.3, -0.25) is 9.78 Å². The zero-order chi connectivity index (χ0) is 23.9. The molecule has 1 aliphatic heterocycles. The fourth-order valence-electron chi connectivity index (χ4n) is 3.96. The van der Waals surface area contributed by atoms with Crippen LogP contribution in [0.5, 0.6) is 5.75 Å². The van der Waals surface area contributed by atoms with Crippen LogP contribution in [-0.4, -0.2) is 47.4 Å². The largest absolute Gasteiger partial charge is 0.505 e. The Labute approximate surface area is 188 Å². The van der Waals surface area contributed by atoms with Crippen molar-refractivity contribution >= 4 is 28.3 Å². The lowest BCUT2D eigenvalue weighted by Gasteiger charge is -2.32. The summed E-state index contributed by atoms with van der Waals surface area (Å²) in [6.07, 6.45) is -6.71. The van der Waals surface area contributed by atoms with E-state index in [1.807, 2.05) is 0 Å². The average molecular weight is 490 g/mol. The van der Waals surface area contributed by atoms with Crippen LogP contribution in [0.2, 0.25) is 5.02 Å². The van der Waals surface area contributed by atoms with E-state index in [0.29, 0.717) is 4.57 Å². The van der Waals surface area contributed by atoms with Gasteiger partial charge in [-0.2, -0.15) is 13.2 Å². The van der Waals surface area contributed by atoms with E-state index in [1.165, 1.54) is 23.2 Å². The molecular weight excluding hydrogens is 473 g/mol. The van der Waals surface area contributed by atoms with Gasteiger partial charge in [0, 0.05) is 29.9 Å². The predicted molar refractivity (Wildman–Crippen MR) is 112 cm³/mol. The number of aromatic hydroxyl groups is 1. The molecule has 1 aromatic carbocycles. The molecule has 0 saturated carbocycles. The molecule has 0 aliphatic carbocycles. The summed E-state index contributed by atoms with van der Waals surface area (Å²) in [7, 11) is 0. The molecule has 1 aliphatic rings. The van der Waals surface area contributed by atoms with Crippen LogP contribution in [0.1, 0.15) is 5.56 Å². The minimum absolute atomic E-state index is 0.125. The van der Waals surface area contributed by atoms with Crippen molar-refractivity contribution in [3.63, 3.8) is 0 Å². The first-order valence-electron chi connectivity index (χ1n) is 9.82. The molecule has 1 fully saturated rings. The summed E-state index contributed by atoms with van der Waals surface area (Å²) < 4.78 is 75.3. The van der Waals surface area contributed by atoms with Gasteiger partial charge in [0.05, 0.1) is 42.1 Å². The highest BCUT2D eigenvalue weighted by Gasteiger charge is 2.40. The molecule has 0 atom stereocenters. The first-order chi connectivity index (χ1) is 15.6. The first-order valence-corrected chi connectivity index (χ1v) is 10.2. The lowest BCUT2D eigenvalue weighted by Crippen LogP contribution is -2.37. The zero-order valence-corrected chi connectivity index (χ0v) is 17.6. The van der Waals surface area contributed by atoms with Crippen LogP contribution in [0.4, 0.5) is 27.6 Å². The second kappa shape index (κ2) is 8.79. The Kier molecular flexibility index (Phi) is 6.19. The number of hydrogen-bond donors (Lipinski definition) is 1. The number of fused-ring (bicyclic) bond motifs is 1. The maximum atomic E-state index is 14.3. The van der Waals surface area contributed by atoms with Gasteiger partial charge in [0.1, 0.15) is 5.52 Å². The number of pyridine rings is 2. The number of benzene rings is 1. The number of hydrogen-bond acceptors (Lipinski definition) is 5. The molecule has 3 aromatic rings. The molecule has 0 spiro atoms. The van der Waals surface area contributed by atoms with E-state index >= 15 is 0 Å². The number of ether oxygens (including phenoxy) is 1. The molecule has 0 amide bonds. The third-order valence-corrected chi connectivity index (χ3v) is 5.52. The molecule has 0 unspecified atom stereocenters. The average Bonchev–Trinajstić information content (AvgIpc) is 2.76. The van der Waals surface area contributed by atoms with Gasteiger partial charge in [-0.15, -0.1) is 0 Å². The van der Waals surface area contributed by atoms with E-state index in [9.17, 15) is 31.9 Å². The standard InChI is InChI=1S/C21H17ClF5N3O3/c22-11-8-12(17(21(25,26)27)14(9-11)29-4-6-33-7-5-29)16-19(31)18-13(2-1-3-28-18)30(20(16)32)10-15(23)24/h1-3,8-9,15,31H,4-7,10H2. The minimum Gasteiger partial charge on any atom is -0.505 e. The molecule has 3 heterocycles. The Morgan fingerprint density at radius 2 is 1.91 bits per heavy atom. The van der Waals surface area contributed by atoms with Gasteiger partial charge in [-0.05, 0) is 24.3 Å². The summed E-state index contributed by atoms with van der Waals surface area (Å²) in [5, 5.41) is 10.7. The Morgan fingerprint density at radius 3 is 2.55 bits per heavy atom. The van der Waals surface area contributed by atoms with E-state index in [-0.39, 0.29) is 48.0 Å². The fourth-order valence-corrected chi connectivity index (χ4v) is 4.18. The number of morpholine rings is 1. The second-order valence-electron chi connectivity index (χ2n) is 7.35. The van der Waals surface area contributed by atoms with Crippen LogP contribution in [0.15, 0.2) is 35.3 Å². The molecule has 176 valence electrons. The lowest BCUT2D eigenvalue weighted by molar-refractivity contribution is -0.136. The number of halogens is 6. The van der Waals surface area contributed by atoms with Crippen molar-refractivity contribution in [3.05, 3.63) is 51.4 Å². The second-order valence-corrected chi connectivity index (χ2v) is 7.78. The molecule has 1 saturated heterocycles. The van der Waals surface area contributed by atoms with Crippen molar-refractivity contribution in [2.45, 2.75) is 19.1 Å².